The predicted octanol–water partition coefficient (Wildman–Crippen LogP) is 2.60. The molecule has 8 nitrogen and oxygen atoms in total. The third-order valence-electron chi connectivity index (χ3n) is 6.42. The summed E-state index contributed by atoms with van der Waals surface area (Å²) in [5.41, 5.74) is 4.89. The number of methoxy groups -OCH3 is 1. The number of allylic oxidation sites excluding steroid dienone is 1. The number of thioether (sulfide) groups is 1. The van der Waals surface area contributed by atoms with Gasteiger partial charge in [-0.1, -0.05) is 11.8 Å². The van der Waals surface area contributed by atoms with Crippen LogP contribution < -0.4 is 21.5 Å². The monoisotopic (exact) mass is 533 g/mol. The molecule has 1 aromatic carbocycles. The Balaban J connectivity index is 1.61. The van der Waals surface area contributed by atoms with Crippen LogP contribution in [0.5, 0.6) is 0 Å². The van der Waals surface area contributed by atoms with Gasteiger partial charge in [-0.3, -0.25) is 10.6 Å². The van der Waals surface area contributed by atoms with Crippen LogP contribution in [-0.4, -0.2) is 75.0 Å². The molecular weight excluding hydrogens is 500 g/mol. The molecule has 2 heterocycles. The van der Waals surface area contributed by atoms with Crippen molar-refractivity contribution >= 4 is 28.9 Å². The zero-order valence-corrected chi connectivity index (χ0v) is 21.8. The summed E-state index contributed by atoms with van der Waals surface area (Å²) in [4.78, 5) is 16.9. The number of likely N-dealkylation sites (N-methyl/N-ethyl adjacent to an activating group) is 1. The third kappa shape index (κ3) is 6.96. The second-order valence-electron chi connectivity index (χ2n) is 9.02. The van der Waals surface area contributed by atoms with Crippen LogP contribution in [0.15, 0.2) is 36.2 Å². The number of nitrogens with two attached hydrogens (primary N) is 1. The van der Waals surface area contributed by atoms with Gasteiger partial charge >= 0.3 is 0 Å². The van der Waals surface area contributed by atoms with Gasteiger partial charge in [-0.05, 0) is 42.7 Å². The lowest BCUT2D eigenvalue weighted by Gasteiger charge is -2.32. The number of hydrazine groups is 1. The first-order chi connectivity index (χ1) is 17.9. The zero-order chi connectivity index (χ0) is 26.4. The van der Waals surface area contributed by atoms with E-state index in [1.165, 1.54) is 29.8 Å². The molecule has 0 bridgehead atoms. The number of hydrogen-bond acceptors (Lipinski definition) is 8. The molecule has 2 atom stereocenters. The van der Waals surface area contributed by atoms with E-state index in [4.69, 9.17) is 15.3 Å². The fraction of sp³-hybridized carbons (Fsp3) is 0.500. The summed E-state index contributed by atoms with van der Waals surface area (Å²) in [6.45, 7) is 2.59. The number of carbonyl (C=O) groups excluding carboxylic acids is 1. The number of carbonyl (C=O) groups is 1. The molecule has 0 radical (unpaired) electrons. The molecule has 1 saturated carbocycles. The Morgan fingerprint density at radius 1 is 1.32 bits per heavy atom. The van der Waals surface area contributed by atoms with Crippen molar-refractivity contribution in [2.75, 3.05) is 51.2 Å². The lowest BCUT2D eigenvalue weighted by molar-refractivity contribution is 0.0780. The summed E-state index contributed by atoms with van der Waals surface area (Å²) in [5, 5.41) is 2.59. The van der Waals surface area contributed by atoms with Crippen LogP contribution in [0.4, 0.5) is 14.5 Å². The predicted molar refractivity (Wildman–Crippen MR) is 142 cm³/mol. The van der Waals surface area contributed by atoms with Gasteiger partial charge in [-0.15, -0.1) is 11.8 Å². The van der Waals surface area contributed by atoms with E-state index in [0.717, 1.165) is 18.5 Å². The molecule has 0 aromatic heterocycles. The molecule has 2 unspecified atom stereocenters. The van der Waals surface area contributed by atoms with Crippen molar-refractivity contribution < 1.29 is 23.0 Å². The first-order valence-electron chi connectivity index (χ1n) is 12.2. The molecule has 4 rings (SSSR count). The summed E-state index contributed by atoms with van der Waals surface area (Å²) in [7, 11) is 3.06. The van der Waals surface area contributed by atoms with E-state index in [0.29, 0.717) is 54.7 Å². The largest absolute Gasteiger partial charge is 0.495 e. The molecule has 2 fully saturated rings. The summed E-state index contributed by atoms with van der Waals surface area (Å²) >= 11 is 1.37. The van der Waals surface area contributed by atoms with Crippen LogP contribution in [0.1, 0.15) is 28.8 Å². The van der Waals surface area contributed by atoms with Crippen molar-refractivity contribution in [2.45, 2.75) is 30.7 Å². The first-order valence-corrected chi connectivity index (χ1v) is 13.3. The smallest absolute Gasteiger partial charge is 0.262 e. The highest BCUT2D eigenvalue weighted by molar-refractivity contribution is 8.00. The van der Waals surface area contributed by atoms with E-state index >= 15 is 0 Å². The Kier molecular flexibility index (Phi) is 9.32. The minimum atomic E-state index is -2.61. The van der Waals surface area contributed by atoms with Crippen LogP contribution in [-0.2, 0) is 9.47 Å². The Labute approximate surface area is 220 Å². The summed E-state index contributed by atoms with van der Waals surface area (Å²) < 4.78 is 38.7. The standard InChI is InChI=1S/C26H33F2N5O3S/c1-32-15-23(35-2)21(14-22(32)25(27)28)20-13-18(33-9-11-36-12-10-33)6-7-19(20)26(34)30-16-37-24(31-29)8-5-17-3-4-17/h6-7,13-15,17,22,24-25,31H,3-4,9-12,16,29H2,1-2H3,(H,30,34). The number of rotatable bonds is 9. The number of alkyl halides is 2. The van der Waals surface area contributed by atoms with Crippen molar-refractivity contribution in [2.24, 2.45) is 11.8 Å². The van der Waals surface area contributed by atoms with Crippen LogP contribution in [0.3, 0.4) is 0 Å². The number of nitrogens with zero attached hydrogens (tertiary/aromatic N) is 2. The van der Waals surface area contributed by atoms with Crippen molar-refractivity contribution in [1.29, 1.82) is 0 Å². The van der Waals surface area contributed by atoms with Gasteiger partial charge in [0.1, 0.15) is 17.2 Å². The maximum Gasteiger partial charge on any atom is 0.262 e. The minimum Gasteiger partial charge on any atom is -0.495 e. The molecule has 37 heavy (non-hydrogen) atoms. The van der Waals surface area contributed by atoms with Crippen LogP contribution in [0, 0.1) is 17.8 Å². The average Bonchev–Trinajstić information content (AvgIpc) is 3.75. The Hall–Kier alpha value is -2.78. The molecule has 1 amide bonds. The summed E-state index contributed by atoms with van der Waals surface area (Å²) in [6.07, 6.45) is 2.63. The van der Waals surface area contributed by atoms with E-state index in [-0.39, 0.29) is 17.2 Å². The van der Waals surface area contributed by atoms with Crippen molar-refractivity contribution in [3.05, 3.63) is 47.4 Å². The van der Waals surface area contributed by atoms with Crippen molar-refractivity contribution in [3.8, 4) is 11.8 Å². The molecule has 1 aromatic rings. The van der Waals surface area contributed by atoms with Gasteiger partial charge in [0, 0.05) is 49.1 Å². The maximum atomic E-state index is 13.8. The fourth-order valence-electron chi connectivity index (χ4n) is 4.16. The minimum absolute atomic E-state index is 0.270. The lowest BCUT2D eigenvalue weighted by Crippen LogP contribution is -2.37. The molecular formula is C26H33F2N5O3S. The van der Waals surface area contributed by atoms with Gasteiger partial charge in [0.25, 0.3) is 12.3 Å². The van der Waals surface area contributed by atoms with E-state index in [1.54, 1.807) is 19.3 Å². The number of ether oxygens (including phenoxy) is 2. The highest BCUT2D eigenvalue weighted by Crippen LogP contribution is 2.35. The van der Waals surface area contributed by atoms with Gasteiger partial charge in [0.15, 0.2) is 0 Å². The van der Waals surface area contributed by atoms with Crippen LogP contribution >= 0.6 is 11.8 Å². The number of morpholine rings is 1. The van der Waals surface area contributed by atoms with Gasteiger partial charge in [0.05, 0.1) is 26.2 Å². The number of benzene rings is 1. The second-order valence-corrected chi connectivity index (χ2v) is 10.1. The highest BCUT2D eigenvalue weighted by Gasteiger charge is 2.30. The molecule has 11 heteroatoms. The molecule has 0 spiro atoms. The highest BCUT2D eigenvalue weighted by atomic mass is 32.2. The topological polar surface area (TPSA) is 92.1 Å². The molecule has 3 aliphatic rings. The van der Waals surface area contributed by atoms with Crippen molar-refractivity contribution in [1.82, 2.24) is 15.6 Å². The van der Waals surface area contributed by atoms with E-state index in [9.17, 15) is 13.6 Å². The summed E-state index contributed by atoms with van der Waals surface area (Å²) in [6, 6.07) is 4.33. The average molecular weight is 534 g/mol. The quantitative estimate of drug-likeness (QED) is 0.193. The molecule has 1 saturated heterocycles. The Bertz CT molecular complexity index is 1090. The van der Waals surface area contributed by atoms with Gasteiger partial charge in [0.2, 0.25) is 0 Å². The van der Waals surface area contributed by atoms with Crippen LogP contribution in [0.25, 0.3) is 5.57 Å². The second kappa shape index (κ2) is 12.6. The first kappa shape index (κ1) is 27.3. The van der Waals surface area contributed by atoms with Crippen LogP contribution in [0.2, 0.25) is 0 Å². The number of halogens is 2. The number of anilines is 1. The van der Waals surface area contributed by atoms with E-state index < -0.39 is 12.5 Å². The molecule has 1 aliphatic carbocycles. The third-order valence-corrected chi connectivity index (χ3v) is 7.31. The number of hydrogen-bond donors (Lipinski definition) is 3. The molecule has 4 N–H and O–H groups in total. The number of nitrogens with one attached hydrogen (secondary N) is 2. The van der Waals surface area contributed by atoms with E-state index in [1.807, 2.05) is 12.1 Å². The van der Waals surface area contributed by atoms with Gasteiger partial charge in [-0.25, -0.2) is 14.2 Å². The Morgan fingerprint density at radius 2 is 2.08 bits per heavy atom. The van der Waals surface area contributed by atoms with E-state index in [2.05, 4.69) is 27.5 Å². The van der Waals surface area contributed by atoms with Gasteiger partial charge < -0.3 is 24.6 Å². The maximum absolute atomic E-state index is 13.8. The lowest BCUT2D eigenvalue weighted by atomic mass is 9.93. The zero-order valence-electron chi connectivity index (χ0n) is 21.0. The van der Waals surface area contributed by atoms with Crippen molar-refractivity contribution in [3.63, 3.8) is 0 Å². The SMILES string of the molecule is COC1=CN(C)C(C(F)F)C=C1c1cc(N2CCOCC2)ccc1C(=O)NCSC(C#CC1CC1)NN. The molecule has 200 valence electrons. The number of amides is 1. The molecule has 2 aliphatic heterocycles. The normalized spacial score (nSPS) is 20.5. The Morgan fingerprint density at radius 3 is 2.73 bits per heavy atom. The fourth-order valence-corrected chi connectivity index (χ4v) is 4.79. The van der Waals surface area contributed by atoms with Gasteiger partial charge in [-0.2, -0.15) is 0 Å². The summed E-state index contributed by atoms with van der Waals surface area (Å²) in [5.74, 6) is 12.6.